The number of nitrogens with one attached hydrogen (secondary N) is 1. The average molecular weight is 687 g/mol. The third-order valence-electron chi connectivity index (χ3n) is 9.39. The van der Waals surface area contributed by atoms with E-state index in [-0.39, 0.29) is 52.8 Å². The molecule has 2 aliphatic rings. The molecule has 49 heavy (non-hydrogen) atoms. The molecular weight excluding hydrogens is 641 g/mol. The summed E-state index contributed by atoms with van der Waals surface area (Å²) >= 11 is 0. The number of rotatable bonds is 6. The van der Waals surface area contributed by atoms with E-state index in [1.807, 2.05) is 49.0 Å². The van der Waals surface area contributed by atoms with Gasteiger partial charge in [0, 0.05) is 36.6 Å². The molecule has 0 unspecified atom stereocenters. The van der Waals surface area contributed by atoms with Crippen LogP contribution in [0.2, 0.25) is 0 Å². The van der Waals surface area contributed by atoms with Crippen molar-refractivity contribution in [1.29, 1.82) is 0 Å². The summed E-state index contributed by atoms with van der Waals surface area (Å²) in [7, 11) is -4.16. The third kappa shape index (κ3) is 7.96. The number of aryl methyl sites for hydroxylation is 2. The first-order chi connectivity index (χ1) is 23.3. The number of carbonyl (C=O) groups excluding carboxylic acids is 1. The molecule has 6 rings (SSSR count). The maximum Gasteiger partial charge on any atom is 0.264 e. The number of ether oxygens (including phenoxy) is 2. The van der Waals surface area contributed by atoms with Crippen LogP contribution in [0, 0.1) is 25.2 Å². The van der Waals surface area contributed by atoms with Crippen molar-refractivity contribution in [3.05, 3.63) is 83.2 Å². The van der Waals surface area contributed by atoms with Crippen LogP contribution in [0.1, 0.15) is 80.2 Å². The Kier molecular flexibility index (Phi) is 9.81. The van der Waals surface area contributed by atoms with Crippen LogP contribution in [0.4, 0.5) is 5.95 Å². The van der Waals surface area contributed by atoms with Gasteiger partial charge in [0.05, 0.1) is 34.9 Å². The summed E-state index contributed by atoms with van der Waals surface area (Å²) < 4.78 is 43.9. The van der Waals surface area contributed by atoms with Crippen molar-refractivity contribution in [3.63, 3.8) is 0 Å². The monoisotopic (exact) mass is 686 g/mol. The van der Waals surface area contributed by atoms with Gasteiger partial charge in [-0.25, -0.2) is 18.1 Å². The second-order valence-corrected chi connectivity index (χ2v) is 16.1. The van der Waals surface area contributed by atoms with Gasteiger partial charge in [-0.3, -0.25) is 9.48 Å². The zero-order valence-electron chi connectivity index (χ0n) is 29.1. The molecular formula is C37H46N6O5S. The van der Waals surface area contributed by atoms with E-state index in [1.54, 1.807) is 23.1 Å². The first-order valence-electron chi connectivity index (χ1n) is 16.9. The van der Waals surface area contributed by atoms with Gasteiger partial charge in [-0.2, -0.15) is 10.1 Å². The molecule has 1 N–H and O–H groups in total. The van der Waals surface area contributed by atoms with Gasteiger partial charge in [0.25, 0.3) is 15.9 Å². The van der Waals surface area contributed by atoms with E-state index in [2.05, 4.69) is 42.4 Å². The van der Waals surface area contributed by atoms with E-state index in [0.29, 0.717) is 18.0 Å². The predicted molar refractivity (Wildman–Crippen MR) is 188 cm³/mol. The number of benzene rings is 2. The number of anilines is 1. The topological polar surface area (TPSA) is 129 Å². The van der Waals surface area contributed by atoms with Crippen molar-refractivity contribution in [2.24, 2.45) is 11.3 Å². The fourth-order valence-electron chi connectivity index (χ4n) is 6.82. The van der Waals surface area contributed by atoms with E-state index in [9.17, 15) is 13.2 Å². The lowest BCUT2D eigenvalue weighted by molar-refractivity contribution is 0.0481. The number of sulfonamides is 1. The fourth-order valence-corrected chi connectivity index (χ4v) is 7.81. The van der Waals surface area contributed by atoms with Gasteiger partial charge in [0.15, 0.2) is 0 Å². The van der Waals surface area contributed by atoms with Gasteiger partial charge in [0.2, 0.25) is 11.8 Å². The van der Waals surface area contributed by atoms with Gasteiger partial charge in [-0.1, -0.05) is 45.0 Å². The van der Waals surface area contributed by atoms with Crippen molar-refractivity contribution in [2.75, 3.05) is 24.5 Å². The maximum absolute atomic E-state index is 14.5. The zero-order valence-corrected chi connectivity index (χ0v) is 30.0. The number of amides is 1. The molecule has 12 heteroatoms. The molecule has 0 saturated carbocycles. The van der Waals surface area contributed by atoms with Crippen LogP contribution in [0.5, 0.6) is 5.88 Å². The Balaban J connectivity index is 1.43. The highest BCUT2D eigenvalue weighted by Crippen LogP contribution is 2.32. The van der Waals surface area contributed by atoms with Gasteiger partial charge in [-0.15, -0.1) is 0 Å². The predicted octanol–water partition coefficient (Wildman–Crippen LogP) is 6.58. The summed E-state index contributed by atoms with van der Waals surface area (Å²) in [5.41, 5.74) is 4.18. The molecule has 0 spiro atoms. The molecule has 4 heterocycles. The van der Waals surface area contributed by atoms with E-state index in [1.165, 1.54) is 12.1 Å². The minimum Gasteiger partial charge on any atom is -0.475 e. The lowest BCUT2D eigenvalue weighted by Gasteiger charge is -2.35. The molecule has 2 aromatic heterocycles. The van der Waals surface area contributed by atoms with E-state index < -0.39 is 16.1 Å². The third-order valence-corrected chi connectivity index (χ3v) is 10.7. The van der Waals surface area contributed by atoms with Crippen molar-refractivity contribution in [1.82, 2.24) is 24.6 Å². The number of aromatic nitrogens is 4. The highest BCUT2D eigenvalue weighted by atomic mass is 32.2. The summed E-state index contributed by atoms with van der Waals surface area (Å²) in [6, 6.07) is 15.5. The van der Waals surface area contributed by atoms with Gasteiger partial charge < -0.3 is 14.4 Å². The van der Waals surface area contributed by atoms with Gasteiger partial charge in [0.1, 0.15) is 6.61 Å². The molecule has 1 amide bonds. The maximum atomic E-state index is 14.5. The van der Waals surface area contributed by atoms with Crippen LogP contribution >= 0.6 is 0 Å². The molecule has 0 radical (unpaired) electrons. The second-order valence-electron chi connectivity index (χ2n) is 14.5. The highest BCUT2D eigenvalue weighted by Gasteiger charge is 2.32. The Morgan fingerprint density at radius 2 is 1.71 bits per heavy atom. The Hall–Kier alpha value is -4.29. The lowest BCUT2D eigenvalue weighted by Crippen LogP contribution is -2.45. The number of fused-ring (bicyclic) bond motifs is 4. The van der Waals surface area contributed by atoms with E-state index in [4.69, 9.17) is 14.6 Å². The first-order valence-corrected chi connectivity index (χ1v) is 18.4. The quantitative estimate of drug-likeness (QED) is 0.241. The Labute approximate surface area is 289 Å². The molecule has 260 valence electrons. The Morgan fingerprint density at radius 3 is 2.43 bits per heavy atom. The van der Waals surface area contributed by atoms with Crippen LogP contribution in [0.25, 0.3) is 11.3 Å². The molecule has 2 aromatic carbocycles. The first kappa shape index (κ1) is 34.6. The van der Waals surface area contributed by atoms with Crippen molar-refractivity contribution in [2.45, 2.75) is 84.3 Å². The highest BCUT2D eigenvalue weighted by molar-refractivity contribution is 7.92. The molecule has 2 atom stereocenters. The van der Waals surface area contributed by atoms with Crippen molar-refractivity contribution < 1.29 is 22.7 Å². The van der Waals surface area contributed by atoms with Crippen LogP contribution in [-0.4, -0.2) is 64.8 Å². The van der Waals surface area contributed by atoms with Crippen LogP contribution < -0.4 is 9.46 Å². The normalized spacial score (nSPS) is 19.2. The SMILES string of the molecule is Cc1cccc(C)c1-c1cc2nc(n1)NS(=O)(=O)c1cccc(c1)C(=O)N(Cc1ccn([C@@H](C)C3CCOCC3)n1)[C@H](CC(C)(C)C)CO2. The second kappa shape index (κ2) is 13.9. The van der Waals surface area contributed by atoms with Gasteiger partial charge >= 0.3 is 0 Å². The smallest absolute Gasteiger partial charge is 0.264 e. The molecule has 2 aliphatic heterocycles. The summed E-state index contributed by atoms with van der Waals surface area (Å²) in [6.07, 6.45) is 4.55. The summed E-state index contributed by atoms with van der Waals surface area (Å²) in [5, 5.41) is 4.94. The average Bonchev–Trinajstić information content (AvgIpc) is 3.53. The molecule has 11 nitrogen and oxygen atoms in total. The van der Waals surface area contributed by atoms with Crippen molar-refractivity contribution in [3.8, 4) is 17.1 Å². The van der Waals surface area contributed by atoms with Gasteiger partial charge in [-0.05, 0) is 86.8 Å². The number of hydrogen-bond acceptors (Lipinski definition) is 8. The number of carbonyl (C=O) groups is 1. The van der Waals surface area contributed by atoms with E-state index in [0.717, 1.165) is 48.4 Å². The lowest BCUT2D eigenvalue weighted by atomic mass is 9.87. The minimum atomic E-state index is -4.16. The molecule has 4 bridgehead atoms. The van der Waals surface area contributed by atoms with Crippen molar-refractivity contribution >= 4 is 21.9 Å². The summed E-state index contributed by atoms with van der Waals surface area (Å²) in [6.45, 7) is 14.4. The molecule has 4 aromatic rings. The standard InChI is InChI=1S/C37H46N6O5S/c1-24-9-7-10-25(2)34(24)32-20-33-39-36(38-32)41-49(45,46)31-12-8-11-28(19-31)35(44)42(30(23-48-33)21-37(4,5)6)22-29-13-16-43(40-29)26(3)27-14-17-47-18-15-27/h7-13,16,19-20,26-27,30H,14-15,17-18,21-23H2,1-6H3,(H,38,39,41)/t26-,30+/m0/s1. The fraction of sp³-hybridized carbons (Fsp3) is 0.459. The largest absolute Gasteiger partial charge is 0.475 e. The Morgan fingerprint density at radius 1 is 1.00 bits per heavy atom. The number of hydrogen-bond donors (Lipinski definition) is 1. The molecule has 1 fully saturated rings. The van der Waals surface area contributed by atoms with Crippen LogP contribution in [-0.2, 0) is 21.3 Å². The van der Waals surface area contributed by atoms with Crippen LogP contribution in [0.3, 0.4) is 0 Å². The van der Waals surface area contributed by atoms with E-state index >= 15 is 0 Å². The Bertz CT molecular complexity index is 1910. The molecule has 0 aliphatic carbocycles. The summed E-state index contributed by atoms with van der Waals surface area (Å²) in [5.74, 6) is 0.243. The summed E-state index contributed by atoms with van der Waals surface area (Å²) in [4.78, 5) is 25.3. The number of nitrogens with zero attached hydrogens (tertiary/aromatic N) is 5. The molecule has 1 saturated heterocycles. The minimum absolute atomic E-state index is 0.0666. The van der Waals surface area contributed by atoms with Crippen LogP contribution in [0.15, 0.2) is 65.7 Å². The zero-order chi connectivity index (χ0) is 34.9.